The number of anilines is 1. The Morgan fingerprint density at radius 3 is 2.56 bits per heavy atom. The summed E-state index contributed by atoms with van der Waals surface area (Å²) in [6.45, 7) is 4.43. The molecule has 0 aromatic heterocycles. The van der Waals surface area contributed by atoms with Crippen LogP contribution < -0.4 is 24.6 Å². The quantitative estimate of drug-likeness (QED) is 0.342. The zero-order valence-electron chi connectivity index (χ0n) is 17.6. The van der Waals surface area contributed by atoms with Crippen molar-refractivity contribution in [3.05, 3.63) is 45.9 Å². The minimum absolute atomic E-state index is 0.132. The van der Waals surface area contributed by atoms with Gasteiger partial charge in [-0.25, -0.2) is 14.4 Å². The average molecular weight is 504 g/mol. The smallest absolute Gasteiger partial charge is 0.414 e. The predicted molar refractivity (Wildman–Crippen MR) is 123 cm³/mol. The summed E-state index contributed by atoms with van der Waals surface area (Å²) < 4.78 is 35.9. The molecule has 12 heteroatoms. The van der Waals surface area contributed by atoms with E-state index >= 15 is 0 Å². The van der Waals surface area contributed by atoms with Crippen molar-refractivity contribution in [3.63, 3.8) is 0 Å². The van der Waals surface area contributed by atoms with Gasteiger partial charge in [0.1, 0.15) is 17.6 Å². The van der Waals surface area contributed by atoms with E-state index in [-0.39, 0.29) is 34.8 Å². The number of ether oxygens (including phenoxy) is 3. The highest BCUT2D eigenvalue weighted by atomic mass is 35.5. The van der Waals surface area contributed by atoms with Crippen molar-refractivity contribution in [2.24, 2.45) is 0 Å². The Balaban J connectivity index is 1.76. The molecule has 2 unspecified atom stereocenters. The van der Waals surface area contributed by atoms with E-state index in [1.54, 1.807) is 25.3 Å². The van der Waals surface area contributed by atoms with Crippen LogP contribution in [0.1, 0.15) is 25.3 Å². The van der Waals surface area contributed by atoms with Gasteiger partial charge in [-0.3, -0.25) is 9.45 Å². The van der Waals surface area contributed by atoms with Crippen LogP contribution in [0.3, 0.4) is 0 Å². The topological polar surface area (TPSA) is 109 Å². The van der Waals surface area contributed by atoms with Gasteiger partial charge in [-0.05, 0) is 36.2 Å². The van der Waals surface area contributed by atoms with E-state index in [1.807, 2.05) is 26.0 Å². The molecule has 3 N–H and O–H groups in total. The van der Waals surface area contributed by atoms with Crippen molar-refractivity contribution in [2.45, 2.75) is 25.9 Å². The summed E-state index contributed by atoms with van der Waals surface area (Å²) in [5.74, 6) is 1.79. The van der Waals surface area contributed by atoms with Crippen LogP contribution in [-0.2, 0) is 16.0 Å². The number of amides is 1. The van der Waals surface area contributed by atoms with Crippen molar-refractivity contribution >= 4 is 46.2 Å². The van der Waals surface area contributed by atoms with E-state index in [9.17, 15) is 9.00 Å². The van der Waals surface area contributed by atoms with Gasteiger partial charge in [0.15, 0.2) is 5.75 Å². The maximum absolute atomic E-state index is 12.3. The second-order valence-corrected chi connectivity index (χ2v) is 8.76. The number of nitrogens with one attached hydrogen (secondary N) is 2. The Morgan fingerprint density at radius 2 is 1.97 bits per heavy atom. The first kappa shape index (κ1) is 24.6. The van der Waals surface area contributed by atoms with Gasteiger partial charge in [0.2, 0.25) is 11.3 Å². The number of rotatable bonds is 9. The molecule has 9 nitrogen and oxygen atoms in total. The number of nitrogens with zero attached hydrogens (tertiary/aromatic N) is 1. The Labute approximate surface area is 198 Å². The molecule has 0 spiro atoms. The average Bonchev–Trinajstić information content (AvgIpc) is 3.10. The van der Waals surface area contributed by atoms with Gasteiger partial charge in [0.05, 0.1) is 35.9 Å². The molecule has 2 aromatic rings. The Kier molecular flexibility index (Phi) is 8.21. The fourth-order valence-electron chi connectivity index (χ4n) is 3.20. The molecule has 0 saturated carbocycles. The van der Waals surface area contributed by atoms with Crippen LogP contribution in [0.2, 0.25) is 10.0 Å². The van der Waals surface area contributed by atoms with Crippen LogP contribution in [-0.4, -0.2) is 41.2 Å². The molecule has 2 aromatic carbocycles. The summed E-state index contributed by atoms with van der Waals surface area (Å²) in [7, 11) is 1.61. The molecule has 0 bridgehead atoms. The first-order chi connectivity index (χ1) is 15.2. The Hall–Kier alpha value is -2.08. The van der Waals surface area contributed by atoms with E-state index in [1.165, 1.54) is 4.90 Å². The van der Waals surface area contributed by atoms with Gasteiger partial charge in [-0.2, -0.15) is 4.83 Å². The van der Waals surface area contributed by atoms with Gasteiger partial charge in [0.25, 0.3) is 0 Å². The second-order valence-electron chi connectivity index (χ2n) is 7.25. The van der Waals surface area contributed by atoms with Gasteiger partial charge >= 0.3 is 6.09 Å². The zero-order chi connectivity index (χ0) is 23.4. The number of carbonyl (C=O) groups is 1. The van der Waals surface area contributed by atoms with Crippen molar-refractivity contribution in [1.82, 2.24) is 10.3 Å². The maximum Gasteiger partial charge on any atom is 0.414 e. The molecule has 0 aliphatic carbocycles. The summed E-state index contributed by atoms with van der Waals surface area (Å²) in [4.78, 5) is 15.7. The summed E-state index contributed by atoms with van der Waals surface area (Å²) in [5.41, 5.74) is 3.93. The summed E-state index contributed by atoms with van der Waals surface area (Å²) in [6, 6.07) is 8.57. The lowest BCUT2D eigenvalue weighted by Gasteiger charge is -2.18. The van der Waals surface area contributed by atoms with E-state index in [4.69, 9.17) is 42.0 Å². The maximum atomic E-state index is 12.3. The summed E-state index contributed by atoms with van der Waals surface area (Å²) in [6.07, 6.45) is -1.12. The molecule has 2 atom stereocenters. The number of carbonyl (C=O) groups excluding carboxylic acids is 1. The number of hydrazine groups is 1. The number of hydrogen-bond acceptors (Lipinski definition) is 6. The van der Waals surface area contributed by atoms with Crippen LogP contribution >= 0.6 is 23.2 Å². The lowest BCUT2D eigenvalue weighted by atomic mass is 10.0. The van der Waals surface area contributed by atoms with Crippen LogP contribution in [0, 0.1) is 0 Å². The first-order valence-electron chi connectivity index (χ1n) is 9.62. The number of benzene rings is 2. The molecule has 32 heavy (non-hydrogen) atoms. The van der Waals surface area contributed by atoms with Crippen LogP contribution in [0.15, 0.2) is 30.3 Å². The summed E-state index contributed by atoms with van der Waals surface area (Å²) >= 11 is 10.6. The van der Waals surface area contributed by atoms with Gasteiger partial charge in [-0.15, -0.1) is 0 Å². The molecule has 1 aliphatic rings. The SMILES string of the molecule is COc1ccc(Oc2c(Cl)cc(N3CC(CNNS(=O)O)OC3=O)cc2Cl)cc1C(C)C. The van der Waals surface area contributed by atoms with E-state index in [0.717, 1.165) is 11.3 Å². The number of halogens is 2. The van der Waals surface area contributed by atoms with Gasteiger partial charge in [0, 0.05) is 5.56 Å². The number of cyclic esters (lactones) is 1. The molecule has 1 amide bonds. The first-order valence-corrected chi connectivity index (χ1v) is 11.5. The highest BCUT2D eigenvalue weighted by Crippen LogP contribution is 2.41. The molecular formula is C20H23Cl2N3O6S. The van der Waals surface area contributed by atoms with Gasteiger partial charge < -0.3 is 14.2 Å². The van der Waals surface area contributed by atoms with E-state index in [2.05, 4.69) is 10.3 Å². The zero-order valence-corrected chi connectivity index (χ0v) is 19.9. The molecule has 1 fully saturated rings. The molecule has 3 rings (SSSR count). The number of hydrogen-bond donors (Lipinski definition) is 3. The third-order valence-corrected chi connectivity index (χ3v) is 5.58. The molecule has 1 heterocycles. The highest BCUT2D eigenvalue weighted by Gasteiger charge is 2.33. The molecule has 1 saturated heterocycles. The molecular weight excluding hydrogens is 481 g/mol. The normalized spacial score (nSPS) is 16.9. The van der Waals surface area contributed by atoms with Crippen LogP contribution in [0.4, 0.5) is 10.5 Å². The lowest BCUT2D eigenvalue weighted by Crippen LogP contribution is -2.40. The minimum atomic E-state index is -2.22. The molecule has 1 aliphatic heterocycles. The second kappa shape index (κ2) is 10.7. The van der Waals surface area contributed by atoms with Crippen LogP contribution in [0.5, 0.6) is 17.2 Å². The van der Waals surface area contributed by atoms with Crippen molar-refractivity contribution in [3.8, 4) is 17.2 Å². The van der Waals surface area contributed by atoms with Gasteiger partial charge in [-0.1, -0.05) is 37.0 Å². The minimum Gasteiger partial charge on any atom is -0.496 e. The van der Waals surface area contributed by atoms with Crippen molar-refractivity contribution < 1.29 is 27.8 Å². The Morgan fingerprint density at radius 1 is 1.28 bits per heavy atom. The molecule has 174 valence electrons. The van der Waals surface area contributed by atoms with E-state index < -0.39 is 23.5 Å². The Bertz CT molecular complexity index is 1000. The van der Waals surface area contributed by atoms with Crippen LogP contribution in [0.25, 0.3) is 0 Å². The molecule has 0 radical (unpaired) electrons. The predicted octanol–water partition coefficient (Wildman–Crippen LogP) is 4.47. The standard InChI is InChI=1S/C20H23Cl2N3O6S/c1-11(2)15-8-13(4-5-18(15)29-3)30-19-16(21)6-12(7-17(19)22)25-10-14(31-20(25)26)9-23-24-32(27)28/h4-8,11,14,23-24H,9-10H2,1-3H3,(H,27,28). The highest BCUT2D eigenvalue weighted by molar-refractivity contribution is 7.77. The fraction of sp³-hybridized carbons (Fsp3) is 0.350. The third-order valence-electron chi connectivity index (χ3n) is 4.70. The fourth-order valence-corrected chi connectivity index (χ4v) is 3.96. The van der Waals surface area contributed by atoms with E-state index in [0.29, 0.717) is 11.4 Å². The largest absolute Gasteiger partial charge is 0.496 e. The number of methoxy groups -OCH3 is 1. The lowest BCUT2D eigenvalue weighted by molar-refractivity contribution is 0.139. The van der Waals surface area contributed by atoms with Crippen molar-refractivity contribution in [2.75, 3.05) is 25.1 Å². The monoisotopic (exact) mass is 503 g/mol. The van der Waals surface area contributed by atoms with Crippen molar-refractivity contribution in [1.29, 1.82) is 0 Å². The summed E-state index contributed by atoms with van der Waals surface area (Å²) in [5, 5.41) is 0.447. The third kappa shape index (κ3) is 5.83.